The van der Waals surface area contributed by atoms with Crippen LogP contribution >= 0.6 is 0 Å². The maximum absolute atomic E-state index is 12.8. The summed E-state index contributed by atoms with van der Waals surface area (Å²) in [6, 6.07) is 6.00. The van der Waals surface area contributed by atoms with Gasteiger partial charge in [-0.2, -0.15) is 0 Å². The van der Waals surface area contributed by atoms with Crippen molar-refractivity contribution < 1.29 is 23.9 Å². The highest BCUT2D eigenvalue weighted by Gasteiger charge is 2.35. The number of carbonyl (C=O) groups is 4. The van der Waals surface area contributed by atoms with E-state index in [4.69, 9.17) is 4.74 Å². The molecule has 0 aromatic heterocycles. The molecular formula is C23H34N4O5. The summed E-state index contributed by atoms with van der Waals surface area (Å²) < 4.78 is 5.17. The lowest BCUT2D eigenvalue weighted by molar-refractivity contribution is -0.152. The number of nitrogens with zero attached hydrogens (tertiary/aromatic N) is 1. The summed E-state index contributed by atoms with van der Waals surface area (Å²) in [4.78, 5) is 50.9. The SMILES string of the molecule is CCCCNC(=O)c1cccc(NCC(=O)N2CCNC(=O)C2CC(=O)OCC(C)C)c1. The zero-order chi connectivity index (χ0) is 23.5. The third-order valence-corrected chi connectivity index (χ3v) is 4.97. The van der Waals surface area contributed by atoms with Crippen molar-refractivity contribution in [1.29, 1.82) is 0 Å². The number of amides is 3. The zero-order valence-electron chi connectivity index (χ0n) is 19.1. The Morgan fingerprint density at radius 1 is 1.28 bits per heavy atom. The summed E-state index contributed by atoms with van der Waals surface area (Å²) in [5.74, 6) is -1.16. The van der Waals surface area contributed by atoms with E-state index in [2.05, 4.69) is 22.9 Å². The first kappa shape index (κ1) is 25.2. The molecule has 0 spiro atoms. The van der Waals surface area contributed by atoms with Crippen LogP contribution in [-0.2, 0) is 19.1 Å². The first-order valence-corrected chi connectivity index (χ1v) is 11.2. The Hall–Kier alpha value is -3.10. The van der Waals surface area contributed by atoms with Gasteiger partial charge in [-0.1, -0.05) is 33.3 Å². The third-order valence-electron chi connectivity index (χ3n) is 4.97. The van der Waals surface area contributed by atoms with Gasteiger partial charge in [-0.05, 0) is 30.5 Å². The molecule has 1 aromatic carbocycles. The molecule has 0 saturated carbocycles. The molecule has 2 rings (SSSR count). The first-order chi connectivity index (χ1) is 15.3. The molecule has 3 N–H and O–H groups in total. The Bertz CT molecular complexity index is 811. The van der Waals surface area contributed by atoms with Gasteiger partial charge in [-0.25, -0.2) is 0 Å². The zero-order valence-corrected chi connectivity index (χ0v) is 19.1. The predicted molar refractivity (Wildman–Crippen MR) is 121 cm³/mol. The van der Waals surface area contributed by atoms with Crippen molar-refractivity contribution in [2.24, 2.45) is 5.92 Å². The fraction of sp³-hybridized carbons (Fsp3) is 0.565. The average molecular weight is 447 g/mol. The van der Waals surface area contributed by atoms with Gasteiger partial charge in [-0.15, -0.1) is 0 Å². The predicted octanol–water partition coefficient (Wildman–Crippen LogP) is 1.54. The summed E-state index contributed by atoms with van der Waals surface area (Å²) in [5.41, 5.74) is 1.12. The van der Waals surface area contributed by atoms with Crippen LogP contribution in [0.4, 0.5) is 5.69 Å². The molecule has 1 aromatic rings. The lowest BCUT2D eigenvalue weighted by Gasteiger charge is -2.34. The topological polar surface area (TPSA) is 117 Å². The third kappa shape index (κ3) is 7.86. The molecule has 1 aliphatic rings. The van der Waals surface area contributed by atoms with Gasteiger partial charge >= 0.3 is 5.97 Å². The second kappa shape index (κ2) is 12.7. The first-order valence-electron chi connectivity index (χ1n) is 11.2. The quantitative estimate of drug-likeness (QED) is 0.351. The lowest BCUT2D eigenvalue weighted by Crippen LogP contribution is -2.58. The van der Waals surface area contributed by atoms with Gasteiger partial charge in [0.05, 0.1) is 19.6 Å². The monoisotopic (exact) mass is 446 g/mol. The summed E-state index contributed by atoms with van der Waals surface area (Å²) >= 11 is 0. The van der Waals surface area contributed by atoms with E-state index >= 15 is 0 Å². The number of ether oxygens (including phenoxy) is 1. The Morgan fingerprint density at radius 3 is 2.78 bits per heavy atom. The van der Waals surface area contributed by atoms with Crippen molar-refractivity contribution >= 4 is 29.4 Å². The van der Waals surface area contributed by atoms with Crippen LogP contribution in [0, 0.1) is 5.92 Å². The van der Waals surface area contributed by atoms with Crippen LogP contribution in [0.15, 0.2) is 24.3 Å². The van der Waals surface area contributed by atoms with Crippen LogP contribution in [0.1, 0.15) is 50.4 Å². The number of unbranched alkanes of at least 4 members (excludes halogenated alkanes) is 1. The van der Waals surface area contributed by atoms with Crippen molar-refractivity contribution in [3.63, 3.8) is 0 Å². The molecule has 1 atom stereocenters. The molecule has 1 aliphatic heterocycles. The van der Waals surface area contributed by atoms with E-state index in [0.717, 1.165) is 12.8 Å². The normalized spacial score (nSPS) is 15.8. The van der Waals surface area contributed by atoms with Crippen LogP contribution in [0.5, 0.6) is 0 Å². The number of piperazine rings is 1. The van der Waals surface area contributed by atoms with E-state index in [0.29, 0.717) is 30.9 Å². The van der Waals surface area contributed by atoms with Crippen molar-refractivity contribution in [3.05, 3.63) is 29.8 Å². The van der Waals surface area contributed by atoms with Crippen molar-refractivity contribution in [2.75, 3.05) is 38.1 Å². The summed E-state index contributed by atoms with van der Waals surface area (Å²) in [6.45, 7) is 7.36. The second-order valence-corrected chi connectivity index (χ2v) is 8.22. The maximum Gasteiger partial charge on any atom is 0.308 e. The fourth-order valence-corrected chi connectivity index (χ4v) is 3.22. The van der Waals surface area contributed by atoms with Gasteiger partial charge in [0.2, 0.25) is 11.8 Å². The van der Waals surface area contributed by atoms with E-state index in [9.17, 15) is 19.2 Å². The number of hydrogen-bond acceptors (Lipinski definition) is 6. The van der Waals surface area contributed by atoms with Crippen LogP contribution in [0.25, 0.3) is 0 Å². The number of hydrogen-bond donors (Lipinski definition) is 3. The van der Waals surface area contributed by atoms with E-state index in [1.165, 1.54) is 4.90 Å². The van der Waals surface area contributed by atoms with Gasteiger partial charge < -0.3 is 25.6 Å². The molecule has 1 heterocycles. The molecule has 9 nitrogen and oxygen atoms in total. The highest BCUT2D eigenvalue weighted by Crippen LogP contribution is 2.14. The van der Waals surface area contributed by atoms with Crippen LogP contribution in [0.3, 0.4) is 0 Å². The van der Waals surface area contributed by atoms with Crippen molar-refractivity contribution in [3.8, 4) is 0 Å². The Labute approximate surface area is 189 Å². The molecule has 176 valence electrons. The van der Waals surface area contributed by atoms with E-state index in [1.807, 2.05) is 13.8 Å². The Kier molecular flexibility index (Phi) is 9.97. The molecule has 9 heteroatoms. The standard InChI is InChI=1S/C23H34N4O5/c1-4-5-9-24-22(30)17-7-6-8-18(12-17)26-14-20(28)27-11-10-25-23(31)19(27)13-21(29)32-15-16(2)3/h6-8,12,16,19,26H,4-5,9-11,13-15H2,1-3H3,(H,24,30)(H,25,31). The molecule has 1 saturated heterocycles. The van der Waals surface area contributed by atoms with E-state index in [-0.39, 0.29) is 43.2 Å². The van der Waals surface area contributed by atoms with Gasteiger partial charge in [0.25, 0.3) is 5.91 Å². The van der Waals surface area contributed by atoms with Crippen molar-refractivity contribution in [2.45, 2.75) is 46.1 Å². The highest BCUT2D eigenvalue weighted by atomic mass is 16.5. The number of nitrogens with one attached hydrogen (secondary N) is 3. The van der Waals surface area contributed by atoms with Gasteiger partial charge in [0.1, 0.15) is 6.04 Å². The van der Waals surface area contributed by atoms with Crippen LogP contribution in [-0.4, -0.2) is 67.4 Å². The summed E-state index contributed by atoms with van der Waals surface area (Å²) in [5, 5.41) is 8.57. The van der Waals surface area contributed by atoms with Gasteiger partial charge in [0.15, 0.2) is 0 Å². The van der Waals surface area contributed by atoms with Gasteiger partial charge in [0, 0.05) is 30.9 Å². The molecular weight excluding hydrogens is 412 g/mol. The number of rotatable bonds is 11. The second-order valence-electron chi connectivity index (χ2n) is 8.22. The Morgan fingerprint density at radius 2 is 2.06 bits per heavy atom. The minimum Gasteiger partial charge on any atom is -0.465 e. The highest BCUT2D eigenvalue weighted by molar-refractivity contribution is 5.95. The number of benzene rings is 1. The Balaban J connectivity index is 1.95. The molecule has 0 radical (unpaired) electrons. The average Bonchev–Trinajstić information content (AvgIpc) is 2.77. The minimum atomic E-state index is -0.895. The molecule has 1 unspecified atom stereocenters. The van der Waals surface area contributed by atoms with Gasteiger partial charge in [-0.3, -0.25) is 19.2 Å². The van der Waals surface area contributed by atoms with Crippen LogP contribution < -0.4 is 16.0 Å². The van der Waals surface area contributed by atoms with E-state index in [1.54, 1.807) is 24.3 Å². The van der Waals surface area contributed by atoms with Crippen LogP contribution in [0.2, 0.25) is 0 Å². The maximum atomic E-state index is 12.8. The molecule has 32 heavy (non-hydrogen) atoms. The largest absolute Gasteiger partial charge is 0.465 e. The number of anilines is 1. The summed E-state index contributed by atoms with van der Waals surface area (Å²) in [6.07, 6.45) is 1.72. The lowest BCUT2D eigenvalue weighted by atomic mass is 10.1. The molecule has 0 aliphatic carbocycles. The molecule has 0 bridgehead atoms. The minimum absolute atomic E-state index is 0.0638. The number of esters is 1. The smallest absolute Gasteiger partial charge is 0.308 e. The summed E-state index contributed by atoms with van der Waals surface area (Å²) in [7, 11) is 0. The fourth-order valence-electron chi connectivity index (χ4n) is 3.22. The molecule has 3 amide bonds. The van der Waals surface area contributed by atoms with E-state index < -0.39 is 12.0 Å². The van der Waals surface area contributed by atoms with Crippen molar-refractivity contribution in [1.82, 2.24) is 15.5 Å². The molecule has 1 fully saturated rings. The number of carbonyl (C=O) groups excluding carboxylic acids is 4.